The molecule has 0 heterocycles. The molecule has 2 unspecified atom stereocenters. The van der Waals surface area contributed by atoms with Crippen LogP contribution in [0.15, 0.2) is 53.0 Å². The SMILES string of the molecule is CC(N)C(Oc1cc(Br)ccc1Cl)c1ccccc1. The Hall–Kier alpha value is -1.03. The molecule has 0 bridgehead atoms. The molecule has 0 aromatic heterocycles. The Labute approximate surface area is 126 Å². The van der Waals surface area contributed by atoms with Crippen LogP contribution in [0.1, 0.15) is 18.6 Å². The molecule has 0 radical (unpaired) electrons. The van der Waals surface area contributed by atoms with Crippen LogP contribution in [0.4, 0.5) is 0 Å². The first-order valence-electron chi connectivity index (χ1n) is 6.00. The summed E-state index contributed by atoms with van der Waals surface area (Å²) in [4.78, 5) is 0. The highest BCUT2D eigenvalue weighted by Gasteiger charge is 2.19. The van der Waals surface area contributed by atoms with E-state index < -0.39 is 0 Å². The first kappa shape index (κ1) is 14.4. The van der Waals surface area contributed by atoms with Crippen LogP contribution in [0.2, 0.25) is 5.02 Å². The number of hydrogen-bond acceptors (Lipinski definition) is 2. The van der Waals surface area contributed by atoms with Crippen molar-refractivity contribution in [1.29, 1.82) is 0 Å². The van der Waals surface area contributed by atoms with Crippen molar-refractivity contribution < 1.29 is 4.74 Å². The van der Waals surface area contributed by atoms with Gasteiger partial charge in [0.2, 0.25) is 0 Å². The van der Waals surface area contributed by atoms with E-state index in [1.165, 1.54) is 0 Å². The molecule has 2 nitrogen and oxygen atoms in total. The average molecular weight is 341 g/mol. The topological polar surface area (TPSA) is 35.2 Å². The van der Waals surface area contributed by atoms with Crippen molar-refractivity contribution in [2.75, 3.05) is 0 Å². The zero-order chi connectivity index (χ0) is 13.8. The highest BCUT2D eigenvalue weighted by molar-refractivity contribution is 9.10. The van der Waals surface area contributed by atoms with E-state index in [1.807, 2.05) is 49.4 Å². The van der Waals surface area contributed by atoms with Gasteiger partial charge in [0.05, 0.1) is 5.02 Å². The van der Waals surface area contributed by atoms with Gasteiger partial charge >= 0.3 is 0 Å². The van der Waals surface area contributed by atoms with Gasteiger partial charge in [-0.25, -0.2) is 0 Å². The Morgan fingerprint density at radius 2 is 1.84 bits per heavy atom. The molecule has 2 N–H and O–H groups in total. The quantitative estimate of drug-likeness (QED) is 0.885. The molecule has 100 valence electrons. The predicted octanol–water partition coefficient (Wildman–Crippen LogP) is 4.57. The number of rotatable bonds is 4. The molecule has 2 rings (SSSR count). The molecule has 0 fully saturated rings. The zero-order valence-corrected chi connectivity index (χ0v) is 12.9. The van der Waals surface area contributed by atoms with E-state index in [2.05, 4.69) is 15.9 Å². The van der Waals surface area contributed by atoms with E-state index in [9.17, 15) is 0 Å². The summed E-state index contributed by atoms with van der Waals surface area (Å²) in [5, 5.41) is 0.574. The number of ether oxygens (including phenoxy) is 1. The van der Waals surface area contributed by atoms with Gasteiger partial charge in [-0.2, -0.15) is 0 Å². The van der Waals surface area contributed by atoms with Crippen LogP contribution >= 0.6 is 27.5 Å². The maximum absolute atomic E-state index is 6.15. The van der Waals surface area contributed by atoms with Crippen LogP contribution in [0, 0.1) is 0 Å². The van der Waals surface area contributed by atoms with Crippen molar-refractivity contribution in [1.82, 2.24) is 0 Å². The number of benzene rings is 2. The Kier molecular flexibility index (Phi) is 4.86. The fraction of sp³-hybridized carbons (Fsp3) is 0.200. The van der Waals surface area contributed by atoms with Crippen molar-refractivity contribution in [3.05, 3.63) is 63.6 Å². The van der Waals surface area contributed by atoms with Crippen LogP contribution in [-0.2, 0) is 0 Å². The molecule has 4 heteroatoms. The lowest BCUT2D eigenvalue weighted by Crippen LogP contribution is -2.29. The second kappa shape index (κ2) is 6.42. The summed E-state index contributed by atoms with van der Waals surface area (Å²) in [5.41, 5.74) is 7.06. The van der Waals surface area contributed by atoms with Gasteiger partial charge in [0.25, 0.3) is 0 Å². The summed E-state index contributed by atoms with van der Waals surface area (Å²) in [5.74, 6) is 0.627. The van der Waals surface area contributed by atoms with Crippen molar-refractivity contribution in [2.24, 2.45) is 5.73 Å². The Morgan fingerprint density at radius 3 is 2.47 bits per heavy atom. The summed E-state index contributed by atoms with van der Waals surface area (Å²) in [6.45, 7) is 1.92. The van der Waals surface area contributed by atoms with Crippen LogP contribution in [-0.4, -0.2) is 6.04 Å². The first-order chi connectivity index (χ1) is 9.08. The maximum atomic E-state index is 6.15. The fourth-order valence-electron chi connectivity index (χ4n) is 1.83. The fourth-order valence-corrected chi connectivity index (χ4v) is 2.33. The normalized spacial score (nSPS) is 13.9. The Bertz CT molecular complexity index is 545. The van der Waals surface area contributed by atoms with Gasteiger partial charge in [0, 0.05) is 10.5 Å². The molecule has 2 aromatic rings. The third kappa shape index (κ3) is 3.72. The van der Waals surface area contributed by atoms with E-state index in [4.69, 9.17) is 22.1 Å². The number of nitrogens with two attached hydrogens (primary N) is 1. The van der Waals surface area contributed by atoms with Crippen LogP contribution in [0.5, 0.6) is 5.75 Å². The molecule has 2 aromatic carbocycles. The van der Waals surface area contributed by atoms with Crippen molar-refractivity contribution in [3.63, 3.8) is 0 Å². The number of hydrogen-bond donors (Lipinski definition) is 1. The molecule has 0 aliphatic rings. The smallest absolute Gasteiger partial charge is 0.140 e. The molecule has 0 spiro atoms. The second-order valence-corrected chi connectivity index (χ2v) is 5.71. The lowest BCUT2D eigenvalue weighted by molar-refractivity contribution is 0.180. The lowest BCUT2D eigenvalue weighted by atomic mass is 10.0. The zero-order valence-electron chi connectivity index (χ0n) is 10.5. The van der Waals surface area contributed by atoms with Gasteiger partial charge in [-0.3, -0.25) is 0 Å². The van der Waals surface area contributed by atoms with Crippen molar-refractivity contribution in [3.8, 4) is 5.75 Å². The Balaban J connectivity index is 2.29. The third-order valence-electron chi connectivity index (χ3n) is 2.75. The minimum Gasteiger partial charge on any atom is -0.483 e. The van der Waals surface area contributed by atoms with Crippen LogP contribution in [0.3, 0.4) is 0 Å². The van der Waals surface area contributed by atoms with Crippen LogP contribution < -0.4 is 10.5 Å². The first-order valence-corrected chi connectivity index (χ1v) is 7.17. The highest BCUT2D eigenvalue weighted by atomic mass is 79.9. The van der Waals surface area contributed by atoms with E-state index in [1.54, 1.807) is 6.07 Å². The molecule has 0 amide bonds. The summed E-state index contributed by atoms with van der Waals surface area (Å²) in [7, 11) is 0. The summed E-state index contributed by atoms with van der Waals surface area (Å²) < 4.78 is 6.91. The summed E-state index contributed by atoms with van der Waals surface area (Å²) in [6, 6.07) is 15.3. The minimum atomic E-state index is -0.229. The van der Waals surface area contributed by atoms with E-state index >= 15 is 0 Å². The van der Waals surface area contributed by atoms with Crippen LogP contribution in [0.25, 0.3) is 0 Å². The monoisotopic (exact) mass is 339 g/mol. The van der Waals surface area contributed by atoms with Gasteiger partial charge in [-0.15, -0.1) is 0 Å². The van der Waals surface area contributed by atoms with E-state index in [-0.39, 0.29) is 12.1 Å². The second-order valence-electron chi connectivity index (χ2n) is 4.38. The molecule has 0 aliphatic heterocycles. The molecular formula is C15H15BrClNO. The Morgan fingerprint density at radius 1 is 1.16 bits per heavy atom. The van der Waals surface area contributed by atoms with E-state index in [0.29, 0.717) is 10.8 Å². The molecule has 0 aliphatic carbocycles. The molecular weight excluding hydrogens is 326 g/mol. The van der Waals surface area contributed by atoms with Gasteiger partial charge in [-0.05, 0) is 30.7 Å². The van der Waals surface area contributed by atoms with Gasteiger partial charge < -0.3 is 10.5 Å². The largest absolute Gasteiger partial charge is 0.483 e. The van der Waals surface area contributed by atoms with Gasteiger partial charge in [0.1, 0.15) is 11.9 Å². The summed E-state index contributed by atoms with van der Waals surface area (Å²) >= 11 is 9.56. The molecule has 0 saturated carbocycles. The molecule has 0 saturated heterocycles. The summed E-state index contributed by atoms with van der Waals surface area (Å²) in [6.07, 6.45) is -0.229. The highest BCUT2D eigenvalue weighted by Crippen LogP contribution is 2.32. The van der Waals surface area contributed by atoms with Gasteiger partial charge in [-0.1, -0.05) is 57.9 Å². The lowest BCUT2D eigenvalue weighted by Gasteiger charge is -2.23. The van der Waals surface area contributed by atoms with Crippen molar-refractivity contribution in [2.45, 2.75) is 19.1 Å². The van der Waals surface area contributed by atoms with Crippen molar-refractivity contribution >= 4 is 27.5 Å². The van der Waals surface area contributed by atoms with E-state index in [0.717, 1.165) is 10.0 Å². The minimum absolute atomic E-state index is 0.141. The number of halogens is 2. The average Bonchev–Trinajstić information content (AvgIpc) is 2.40. The predicted molar refractivity (Wildman–Crippen MR) is 82.6 cm³/mol. The third-order valence-corrected chi connectivity index (χ3v) is 3.56. The maximum Gasteiger partial charge on any atom is 0.140 e. The molecule has 19 heavy (non-hydrogen) atoms. The molecule has 2 atom stereocenters. The van der Waals surface area contributed by atoms with Gasteiger partial charge in [0.15, 0.2) is 0 Å². The standard InChI is InChI=1S/C15H15BrClNO/c1-10(18)15(11-5-3-2-4-6-11)19-14-9-12(16)7-8-13(14)17/h2-10,15H,18H2,1H3.